The van der Waals surface area contributed by atoms with Gasteiger partial charge >= 0.3 is 6.09 Å². The van der Waals surface area contributed by atoms with Crippen molar-refractivity contribution in [1.29, 1.82) is 0 Å². The van der Waals surface area contributed by atoms with Gasteiger partial charge < -0.3 is 25.3 Å². The van der Waals surface area contributed by atoms with Gasteiger partial charge in [0, 0.05) is 37.2 Å². The third-order valence-electron chi connectivity index (χ3n) is 7.47. The molecule has 9 nitrogen and oxygen atoms in total. The van der Waals surface area contributed by atoms with Crippen molar-refractivity contribution < 1.29 is 19.1 Å². The van der Waals surface area contributed by atoms with E-state index in [1.54, 1.807) is 23.7 Å². The number of aromatic nitrogens is 1. The molecule has 3 N–H and O–H groups in total. The number of hydrogen-bond donors (Lipinski definition) is 3. The van der Waals surface area contributed by atoms with Crippen molar-refractivity contribution in [3.8, 4) is 0 Å². The number of unbranched alkanes of at least 4 members (excludes halogenated alkanes) is 1. The maximum atomic E-state index is 13.4. The maximum Gasteiger partial charge on any atom is 0.407 e. The number of amides is 3. The number of alkyl carbamates (subject to hydrolysis) is 1. The standard InChI is InChI=1S/C31H46N4O5/c1-21-19-28(37)35(5)26-20-23(15-16-24(21)26)33-29(38)25(13-9-10-18-32-30(39)40-31(2,3)4)34-27(36)17-14-22-11-7-6-8-12-22/h15-16,19-20,22,25H,6-14,17-18H2,1-5H3,(H,32,39)(H,33,38)(H,34,36). The quantitative estimate of drug-likeness (QED) is 0.325. The summed E-state index contributed by atoms with van der Waals surface area (Å²) >= 11 is 0. The van der Waals surface area contributed by atoms with Crippen LogP contribution in [0.1, 0.15) is 90.5 Å². The lowest BCUT2D eigenvalue weighted by atomic mass is 9.86. The van der Waals surface area contributed by atoms with Gasteiger partial charge in [-0.25, -0.2) is 4.79 Å². The third kappa shape index (κ3) is 9.68. The molecule has 220 valence electrons. The van der Waals surface area contributed by atoms with Crippen LogP contribution in [0.3, 0.4) is 0 Å². The Morgan fingerprint density at radius 3 is 2.50 bits per heavy atom. The molecule has 1 atom stereocenters. The van der Waals surface area contributed by atoms with E-state index < -0.39 is 17.7 Å². The van der Waals surface area contributed by atoms with Gasteiger partial charge in [-0.2, -0.15) is 0 Å². The number of carbonyl (C=O) groups excluding carboxylic acids is 3. The fraction of sp³-hybridized carbons (Fsp3) is 0.613. The van der Waals surface area contributed by atoms with E-state index in [0.717, 1.165) is 22.9 Å². The van der Waals surface area contributed by atoms with Crippen LogP contribution in [-0.4, -0.2) is 40.7 Å². The van der Waals surface area contributed by atoms with E-state index in [9.17, 15) is 19.2 Å². The van der Waals surface area contributed by atoms with Crippen molar-refractivity contribution in [3.63, 3.8) is 0 Å². The van der Waals surface area contributed by atoms with Gasteiger partial charge in [-0.15, -0.1) is 0 Å². The third-order valence-corrected chi connectivity index (χ3v) is 7.47. The van der Waals surface area contributed by atoms with Gasteiger partial charge in [-0.05, 0) is 77.0 Å². The van der Waals surface area contributed by atoms with Crippen molar-refractivity contribution in [2.75, 3.05) is 11.9 Å². The van der Waals surface area contributed by atoms with Gasteiger partial charge in [0.1, 0.15) is 11.6 Å². The minimum atomic E-state index is -0.711. The number of nitrogens with one attached hydrogen (secondary N) is 3. The van der Waals surface area contributed by atoms with E-state index in [4.69, 9.17) is 4.74 Å². The normalized spacial score (nSPS) is 14.9. The van der Waals surface area contributed by atoms with E-state index in [0.29, 0.717) is 43.8 Å². The Morgan fingerprint density at radius 1 is 1.07 bits per heavy atom. The number of anilines is 1. The maximum absolute atomic E-state index is 13.4. The highest BCUT2D eigenvalue weighted by Crippen LogP contribution is 2.27. The first kappa shape index (κ1) is 31.2. The van der Waals surface area contributed by atoms with Crippen molar-refractivity contribution in [3.05, 3.63) is 40.2 Å². The summed E-state index contributed by atoms with van der Waals surface area (Å²) in [5.41, 5.74) is 1.48. The van der Waals surface area contributed by atoms with E-state index in [2.05, 4.69) is 16.0 Å². The second-order valence-electron chi connectivity index (χ2n) is 12.0. The lowest BCUT2D eigenvalue weighted by Crippen LogP contribution is -2.44. The van der Waals surface area contributed by atoms with E-state index >= 15 is 0 Å². The van der Waals surface area contributed by atoms with Crippen LogP contribution in [0.25, 0.3) is 10.9 Å². The van der Waals surface area contributed by atoms with Crippen LogP contribution in [0, 0.1) is 12.8 Å². The number of fused-ring (bicyclic) bond motifs is 1. The summed E-state index contributed by atoms with van der Waals surface area (Å²) in [6.45, 7) is 7.73. The molecular formula is C31H46N4O5. The molecule has 0 bridgehead atoms. The first-order valence-electron chi connectivity index (χ1n) is 14.6. The van der Waals surface area contributed by atoms with Gasteiger partial charge in [0.05, 0.1) is 5.52 Å². The molecule has 0 aliphatic heterocycles. The predicted molar refractivity (Wildman–Crippen MR) is 158 cm³/mol. The monoisotopic (exact) mass is 554 g/mol. The number of aryl methyl sites for hydroxylation is 2. The summed E-state index contributed by atoms with van der Waals surface area (Å²) in [6, 6.07) is 6.37. The van der Waals surface area contributed by atoms with Crippen molar-refractivity contribution in [2.24, 2.45) is 13.0 Å². The lowest BCUT2D eigenvalue weighted by Gasteiger charge is -2.22. The zero-order chi connectivity index (χ0) is 29.3. The Balaban J connectivity index is 1.62. The molecule has 1 aliphatic rings. The summed E-state index contributed by atoms with van der Waals surface area (Å²) in [5.74, 6) is 0.163. The number of rotatable bonds is 11. The molecular weight excluding hydrogens is 508 g/mol. The SMILES string of the molecule is Cc1cc(=O)n(C)c2cc(NC(=O)C(CCCCNC(=O)OC(C)(C)C)NC(=O)CCC3CCCCC3)ccc12. The summed E-state index contributed by atoms with van der Waals surface area (Å²) in [7, 11) is 1.70. The zero-order valence-corrected chi connectivity index (χ0v) is 24.7. The molecule has 0 spiro atoms. The van der Waals surface area contributed by atoms with Gasteiger partial charge in [-0.1, -0.05) is 38.2 Å². The summed E-state index contributed by atoms with van der Waals surface area (Å²) in [6.07, 6.45) is 8.55. The lowest BCUT2D eigenvalue weighted by molar-refractivity contribution is -0.126. The topological polar surface area (TPSA) is 119 Å². The minimum Gasteiger partial charge on any atom is -0.444 e. The fourth-order valence-electron chi connectivity index (χ4n) is 5.25. The van der Waals surface area contributed by atoms with Gasteiger partial charge in [0.25, 0.3) is 5.56 Å². The van der Waals surface area contributed by atoms with Crippen molar-refractivity contribution in [2.45, 2.75) is 104 Å². The Hall–Kier alpha value is -3.36. The second kappa shape index (κ2) is 14.3. The Labute approximate surface area is 237 Å². The van der Waals surface area contributed by atoms with Crippen LogP contribution in [0.5, 0.6) is 0 Å². The van der Waals surface area contributed by atoms with Crippen LogP contribution in [-0.2, 0) is 21.4 Å². The number of nitrogens with zero attached hydrogens (tertiary/aromatic N) is 1. The molecule has 1 aromatic carbocycles. The minimum absolute atomic E-state index is 0.114. The van der Waals surface area contributed by atoms with Crippen molar-refractivity contribution >= 4 is 34.5 Å². The molecule has 1 unspecified atom stereocenters. The highest BCUT2D eigenvalue weighted by atomic mass is 16.6. The number of pyridine rings is 1. The second-order valence-corrected chi connectivity index (χ2v) is 12.0. The highest BCUT2D eigenvalue weighted by Gasteiger charge is 2.22. The molecule has 1 saturated carbocycles. The average molecular weight is 555 g/mol. The largest absolute Gasteiger partial charge is 0.444 e. The van der Waals surface area contributed by atoms with Crippen LogP contribution in [0.4, 0.5) is 10.5 Å². The molecule has 2 aromatic rings. The van der Waals surface area contributed by atoms with Crippen LogP contribution >= 0.6 is 0 Å². The predicted octanol–water partition coefficient (Wildman–Crippen LogP) is 5.33. The van der Waals surface area contributed by atoms with Gasteiger partial charge in [0.2, 0.25) is 11.8 Å². The van der Waals surface area contributed by atoms with Crippen LogP contribution < -0.4 is 21.5 Å². The average Bonchev–Trinajstić information content (AvgIpc) is 2.89. The summed E-state index contributed by atoms with van der Waals surface area (Å²) < 4.78 is 6.82. The number of hydrogen-bond acceptors (Lipinski definition) is 5. The number of ether oxygens (including phenoxy) is 1. The molecule has 0 saturated heterocycles. The van der Waals surface area contributed by atoms with Crippen molar-refractivity contribution in [1.82, 2.24) is 15.2 Å². The van der Waals surface area contributed by atoms with Gasteiger partial charge in [-0.3, -0.25) is 14.4 Å². The first-order chi connectivity index (χ1) is 18.9. The van der Waals surface area contributed by atoms with E-state index in [-0.39, 0.29) is 17.4 Å². The molecule has 1 aromatic heterocycles. The molecule has 1 fully saturated rings. The molecule has 0 radical (unpaired) electrons. The van der Waals surface area contributed by atoms with Gasteiger partial charge in [0.15, 0.2) is 0 Å². The molecule has 1 aliphatic carbocycles. The molecule has 1 heterocycles. The fourth-order valence-corrected chi connectivity index (χ4v) is 5.25. The van der Waals surface area contributed by atoms with E-state index in [1.807, 2.05) is 39.8 Å². The van der Waals surface area contributed by atoms with E-state index in [1.165, 1.54) is 32.1 Å². The summed E-state index contributed by atoms with van der Waals surface area (Å²) in [4.78, 5) is 50.4. The first-order valence-corrected chi connectivity index (χ1v) is 14.6. The van der Waals surface area contributed by atoms with Crippen LogP contribution in [0.2, 0.25) is 0 Å². The number of carbonyl (C=O) groups is 3. The number of benzene rings is 1. The molecule has 3 amide bonds. The highest BCUT2D eigenvalue weighted by molar-refractivity contribution is 5.98. The molecule has 3 rings (SSSR count). The Morgan fingerprint density at radius 2 is 1.80 bits per heavy atom. The Bertz CT molecular complexity index is 1240. The van der Waals surface area contributed by atoms with Crippen LogP contribution in [0.15, 0.2) is 29.1 Å². The smallest absolute Gasteiger partial charge is 0.407 e. The zero-order valence-electron chi connectivity index (χ0n) is 24.7. The summed E-state index contributed by atoms with van der Waals surface area (Å²) in [5, 5.41) is 9.56. The Kier molecular flexibility index (Phi) is 11.2. The molecule has 40 heavy (non-hydrogen) atoms. The molecule has 9 heteroatoms.